The van der Waals surface area contributed by atoms with Crippen LogP contribution in [-0.4, -0.2) is 68.4 Å². The van der Waals surface area contributed by atoms with Crippen molar-refractivity contribution in [2.75, 3.05) is 7.11 Å². The molecule has 3 N–H and O–H groups in total. The van der Waals surface area contributed by atoms with Crippen LogP contribution < -0.4 is 0 Å². The Morgan fingerprint density at radius 3 is 1.93 bits per heavy atom. The number of fused-ring (bicyclic) bond motifs is 1. The number of carboxylic acid groups (broad SMARTS) is 1. The summed E-state index contributed by atoms with van der Waals surface area (Å²) in [6, 6.07) is 22.6. The lowest BCUT2D eigenvalue weighted by Gasteiger charge is -2.11. The summed E-state index contributed by atoms with van der Waals surface area (Å²) in [5.41, 5.74) is 5.64. The molecule has 0 saturated carbocycles. The van der Waals surface area contributed by atoms with Crippen LogP contribution in [0.1, 0.15) is 22.2 Å². The summed E-state index contributed by atoms with van der Waals surface area (Å²) in [4.78, 5) is 20.8. The normalized spacial score (nSPS) is 12.0. The van der Waals surface area contributed by atoms with Gasteiger partial charge in [-0.05, 0) is 41.8 Å². The number of benzene rings is 3. The lowest BCUT2D eigenvalue weighted by atomic mass is 10.0. The summed E-state index contributed by atoms with van der Waals surface area (Å²) in [6.07, 6.45) is 5.68. The van der Waals surface area contributed by atoms with E-state index in [-0.39, 0.29) is 11.3 Å². The van der Waals surface area contributed by atoms with Crippen molar-refractivity contribution in [2.24, 2.45) is 0 Å². The maximum Gasteiger partial charge on any atom is 0.336 e. The molecule has 226 valence electrons. The highest BCUT2D eigenvalue weighted by molar-refractivity contribution is 6.05. The van der Waals surface area contributed by atoms with E-state index < -0.39 is 12.3 Å². The molecule has 46 heavy (non-hydrogen) atoms. The largest absolute Gasteiger partial charge is 0.506 e. The molecule has 4 aromatic heterocycles. The first-order valence-corrected chi connectivity index (χ1v) is 14.0. The molecule has 0 aliphatic rings. The molecular formula is C33H24N8O5. The van der Waals surface area contributed by atoms with E-state index in [0.29, 0.717) is 45.1 Å². The van der Waals surface area contributed by atoms with Gasteiger partial charge in [0, 0.05) is 41.6 Å². The number of aromatic hydroxyl groups is 1. The van der Waals surface area contributed by atoms with Crippen LogP contribution >= 0.6 is 0 Å². The highest BCUT2D eigenvalue weighted by Gasteiger charge is 2.15. The van der Waals surface area contributed by atoms with Gasteiger partial charge in [-0.15, -0.1) is 10.2 Å². The molecule has 3 aromatic carbocycles. The van der Waals surface area contributed by atoms with Gasteiger partial charge >= 0.3 is 5.97 Å². The smallest absolute Gasteiger partial charge is 0.336 e. The van der Waals surface area contributed by atoms with Crippen LogP contribution in [0.4, 0.5) is 0 Å². The predicted molar refractivity (Wildman–Crippen MR) is 166 cm³/mol. The molecule has 0 saturated heterocycles. The first-order chi connectivity index (χ1) is 22.4. The molecule has 0 aliphatic carbocycles. The summed E-state index contributed by atoms with van der Waals surface area (Å²) < 4.78 is 7.96. The van der Waals surface area contributed by atoms with Gasteiger partial charge in [0.05, 0.1) is 35.0 Å². The fourth-order valence-corrected chi connectivity index (χ4v) is 5.12. The van der Waals surface area contributed by atoms with Crippen LogP contribution in [0.2, 0.25) is 0 Å². The standard InChI is InChI=1S/C33H24N8O5/c1-46-33(45)19-10-13-31(42)30(14-19)41-18-28(37-39-41)26-12-9-21(16-35-26)20-8-11-25(34-15-20)27-17-40(38-36-27)29-7-3-4-22-23(29)5-2-6-24(22)32(43)44/h2-18,33,42,45H,1H3,(H,43,44). The van der Waals surface area contributed by atoms with Crippen molar-refractivity contribution in [1.82, 2.24) is 40.0 Å². The summed E-state index contributed by atoms with van der Waals surface area (Å²) in [6.45, 7) is 0. The number of phenols is 1. The second-order valence-electron chi connectivity index (χ2n) is 10.3. The maximum atomic E-state index is 11.7. The number of phenolic OH excluding ortho intramolecular Hbond substituents is 1. The molecule has 0 amide bonds. The first kappa shape index (κ1) is 28.5. The third-order valence-electron chi connectivity index (χ3n) is 7.50. The molecule has 0 fully saturated rings. The Labute approximate surface area is 260 Å². The Balaban J connectivity index is 1.10. The van der Waals surface area contributed by atoms with E-state index in [2.05, 4.69) is 30.6 Å². The highest BCUT2D eigenvalue weighted by atomic mass is 16.6. The molecule has 0 spiro atoms. The summed E-state index contributed by atoms with van der Waals surface area (Å²) in [5, 5.41) is 48.1. The molecule has 7 rings (SSSR count). The number of methoxy groups -OCH3 is 1. The van der Waals surface area contributed by atoms with Crippen LogP contribution in [0, 0.1) is 0 Å². The van der Waals surface area contributed by atoms with E-state index in [1.54, 1.807) is 65.9 Å². The number of pyridine rings is 2. The molecule has 0 radical (unpaired) electrons. The molecule has 7 aromatic rings. The number of aromatic carboxylic acids is 1. The first-order valence-electron chi connectivity index (χ1n) is 14.0. The van der Waals surface area contributed by atoms with Crippen LogP contribution in [0.3, 0.4) is 0 Å². The van der Waals surface area contributed by atoms with Crippen LogP contribution in [0.25, 0.3) is 56.0 Å². The van der Waals surface area contributed by atoms with Gasteiger partial charge in [0.15, 0.2) is 6.29 Å². The van der Waals surface area contributed by atoms with Gasteiger partial charge in [0.1, 0.15) is 22.8 Å². The lowest BCUT2D eigenvalue weighted by molar-refractivity contribution is -0.0769. The second kappa shape index (κ2) is 11.6. The lowest BCUT2D eigenvalue weighted by Crippen LogP contribution is -2.02. The second-order valence-corrected chi connectivity index (χ2v) is 10.3. The average Bonchev–Trinajstić information content (AvgIpc) is 3.79. The Hall–Kier alpha value is -6.31. The van der Waals surface area contributed by atoms with E-state index in [9.17, 15) is 20.1 Å². The third-order valence-corrected chi connectivity index (χ3v) is 7.50. The minimum atomic E-state index is -1.14. The highest BCUT2D eigenvalue weighted by Crippen LogP contribution is 2.29. The van der Waals surface area contributed by atoms with Crippen LogP contribution in [0.15, 0.2) is 104 Å². The van der Waals surface area contributed by atoms with E-state index in [1.165, 1.54) is 17.9 Å². The number of rotatable bonds is 8. The number of ether oxygens (including phenoxy) is 1. The van der Waals surface area contributed by atoms with Gasteiger partial charge in [0.25, 0.3) is 0 Å². The number of hydrogen-bond acceptors (Lipinski definition) is 10. The van der Waals surface area contributed by atoms with Gasteiger partial charge in [-0.3, -0.25) is 9.97 Å². The topological polar surface area (TPSA) is 174 Å². The van der Waals surface area contributed by atoms with Gasteiger partial charge < -0.3 is 20.1 Å². The van der Waals surface area contributed by atoms with Crippen molar-refractivity contribution in [3.8, 4) is 51.0 Å². The van der Waals surface area contributed by atoms with Gasteiger partial charge in [-0.1, -0.05) is 52.9 Å². The molecule has 0 aliphatic heterocycles. The summed E-state index contributed by atoms with van der Waals surface area (Å²) >= 11 is 0. The molecule has 13 nitrogen and oxygen atoms in total. The fraction of sp³-hybridized carbons (Fsp3) is 0.0606. The number of aliphatic hydroxyl groups excluding tert-OH is 1. The summed E-state index contributed by atoms with van der Waals surface area (Å²) in [7, 11) is 1.38. The molecule has 0 bridgehead atoms. The third kappa shape index (κ3) is 5.21. The molecule has 4 heterocycles. The fourth-order valence-electron chi connectivity index (χ4n) is 5.12. The van der Waals surface area contributed by atoms with Gasteiger partial charge in [-0.25, -0.2) is 14.2 Å². The van der Waals surface area contributed by atoms with Crippen molar-refractivity contribution in [1.29, 1.82) is 0 Å². The predicted octanol–water partition coefficient (Wildman–Crippen LogP) is 4.83. The zero-order valence-electron chi connectivity index (χ0n) is 24.1. The zero-order valence-corrected chi connectivity index (χ0v) is 24.1. The SMILES string of the molecule is COC(O)c1ccc(O)c(-n2cc(-c3ccc(-c4ccc(-c5cn(-c6cccc7c(C(=O)O)cccc67)nn5)nc4)cn3)nn2)c1. The zero-order chi connectivity index (χ0) is 31.8. The van der Waals surface area contributed by atoms with Gasteiger partial charge in [0.2, 0.25) is 0 Å². The van der Waals surface area contributed by atoms with Crippen molar-refractivity contribution < 1.29 is 24.9 Å². The number of nitrogens with zero attached hydrogens (tertiary/aromatic N) is 8. The van der Waals surface area contributed by atoms with Crippen molar-refractivity contribution in [2.45, 2.75) is 6.29 Å². The Morgan fingerprint density at radius 2 is 1.35 bits per heavy atom. The average molecular weight is 613 g/mol. The minimum absolute atomic E-state index is 0.0341. The maximum absolute atomic E-state index is 11.7. The van der Waals surface area contributed by atoms with Crippen molar-refractivity contribution >= 4 is 16.7 Å². The van der Waals surface area contributed by atoms with Crippen LogP contribution in [-0.2, 0) is 4.74 Å². The van der Waals surface area contributed by atoms with Gasteiger partial charge in [-0.2, -0.15) is 0 Å². The van der Waals surface area contributed by atoms with Crippen molar-refractivity contribution in [3.05, 3.63) is 115 Å². The quantitative estimate of drug-likeness (QED) is 0.200. The minimum Gasteiger partial charge on any atom is -0.506 e. The Bertz CT molecular complexity index is 2210. The van der Waals surface area contributed by atoms with Crippen LogP contribution in [0.5, 0.6) is 5.75 Å². The molecule has 1 atom stereocenters. The van der Waals surface area contributed by atoms with E-state index in [0.717, 1.165) is 16.5 Å². The Morgan fingerprint density at radius 1 is 0.739 bits per heavy atom. The van der Waals surface area contributed by atoms with E-state index in [4.69, 9.17) is 4.74 Å². The molecule has 13 heteroatoms. The van der Waals surface area contributed by atoms with E-state index >= 15 is 0 Å². The molecule has 1 unspecified atom stereocenters. The number of aliphatic hydroxyl groups is 1. The summed E-state index contributed by atoms with van der Waals surface area (Å²) in [5.74, 6) is -1.03. The number of aromatic nitrogens is 8. The molecular weight excluding hydrogens is 588 g/mol. The number of hydrogen-bond donors (Lipinski definition) is 3. The van der Waals surface area contributed by atoms with E-state index in [1.807, 2.05) is 36.4 Å². The number of carbonyl (C=O) groups is 1. The monoisotopic (exact) mass is 612 g/mol. The van der Waals surface area contributed by atoms with Crippen molar-refractivity contribution in [3.63, 3.8) is 0 Å². The Kier molecular flexibility index (Phi) is 7.21. The number of carboxylic acids is 1.